The second-order valence-corrected chi connectivity index (χ2v) is 8.93. The van der Waals surface area contributed by atoms with Crippen molar-refractivity contribution in [1.29, 1.82) is 0 Å². The van der Waals surface area contributed by atoms with E-state index in [2.05, 4.69) is 18.7 Å². The van der Waals surface area contributed by atoms with Gasteiger partial charge in [0, 0.05) is 38.3 Å². The van der Waals surface area contributed by atoms with Crippen LogP contribution < -0.4 is 4.90 Å². The zero-order valence-electron chi connectivity index (χ0n) is 20.1. The van der Waals surface area contributed by atoms with Gasteiger partial charge in [-0.15, -0.1) is 0 Å². The number of aliphatic hydroxyl groups is 1. The molecule has 2 heterocycles. The van der Waals surface area contributed by atoms with Crippen LogP contribution in [0.4, 0.5) is 5.69 Å². The lowest BCUT2D eigenvalue weighted by Gasteiger charge is -2.29. The lowest BCUT2D eigenvalue weighted by atomic mass is 9.93. The molecular formula is C28H34N2O4. The van der Waals surface area contributed by atoms with E-state index in [-0.39, 0.29) is 23.9 Å². The maximum atomic E-state index is 13.4. The molecule has 2 atom stereocenters. The third-order valence-electron chi connectivity index (χ3n) is 6.85. The van der Waals surface area contributed by atoms with Crippen LogP contribution in [0.15, 0.2) is 65.9 Å². The summed E-state index contributed by atoms with van der Waals surface area (Å²) < 4.78 is 5.78. The fourth-order valence-electron chi connectivity index (χ4n) is 4.97. The fourth-order valence-corrected chi connectivity index (χ4v) is 4.97. The van der Waals surface area contributed by atoms with Crippen LogP contribution in [0.25, 0.3) is 0 Å². The standard InChI is InChI=1S/C28H34N2O4/c1-3-29(4-2)22-15-13-21(14-16-22)26-25(24(31)17-12-20-9-6-5-7-10-20)27(32)28(33)30(26)19-23-11-8-18-34-23/h5-7,9-10,13-16,23,26,32H,3-4,8,11-12,17-19H2,1-2H3. The largest absolute Gasteiger partial charge is 0.503 e. The van der Waals surface area contributed by atoms with Gasteiger partial charge in [-0.2, -0.15) is 0 Å². The molecule has 2 aliphatic rings. The van der Waals surface area contributed by atoms with Crippen molar-refractivity contribution in [2.24, 2.45) is 0 Å². The Kier molecular flexibility index (Phi) is 7.68. The van der Waals surface area contributed by atoms with Gasteiger partial charge in [0.05, 0.1) is 17.7 Å². The fraction of sp³-hybridized carbons (Fsp3) is 0.429. The number of amides is 1. The number of benzene rings is 2. The molecule has 0 saturated carbocycles. The number of rotatable bonds is 10. The van der Waals surface area contributed by atoms with Crippen molar-refractivity contribution in [2.45, 2.75) is 51.7 Å². The molecule has 0 aromatic heterocycles. The highest BCUT2D eigenvalue weighted by atomic mass is 16.5. The molecule has 0 bridgehead atoms. The molecule has 0 radical (unpaired) electrons. The van der Waals surface area contributed by atoms with Crippen LogP contribution in [-0.4, -0.2) is 54.0 Å². The summed E-state index contributed by atoms with van der Waals surface area (Å²) in [7, 11) is 0. The van der Waals surface area contributed by atoms with Crippen molar-refractivity contribution >= 4 is 17.4 Å². The molecule has 0 aliphatic carbocycles. The van der Waals surface area contributed by atoms with E-state index in [0.717, 1.165) is 42.7 Å². The van der Waals surface area contributed by atoms with Crippen molar-refractivity contribution < 1.29 is 19.4 Å². The van der Waals surface area contributed by atoms with Crippen LogP contribution in [0.2, 0.25) is 0 Å². The Morgan fingerprint density at radius 2 is 1.79 bits per heavy atom. The third-order valence-corrected chi connectivity index (χ3v) is 6.85. The summed E-state index contributed by atoms with van der Waals surface area (Å²) >= 11 is 0. The Morgan fingerprint density at radius 3 is 2.41 bits per heavy atom. The smallest absolute Gasteiger partial charge is 0.290 e. The Morgan fingerprint density at radius 1 is 1.09 bits per heavy atom. The number of carbonyl (C=O) groups is 2. The van der Waals surface area contributed by atoms with Gasteiger partial charge in [0.2, 0.25) is 0 Å². The summed E-state index contributed by atoms with van der Waals surface area (Å²) in [5.41, 5.74) is 3.18. The Hall–Kier alpha value is -3.12. The zero-order chi connectivity index (χ0) is 24.1. The van der Waals surface area contributed by atoms with Crippen LogP contribution in [-0.2, 0) is 20.7 Å². The molecule has 1 amide bonds. The van der Waals surface area contributed by atoms with Gasteiger partial charge in [-0.1, -0.05) is 42.5 Å². The number of aliphatic hydroxyl groups excluding tert-OH is 1. The summed E-state index contributed by atoms with van der Waals surface area (Å²) in [5.74, 6) is -1.10. The highest BCUT2D eigenvalue weighted by Crippen LogP contribution is 2.39. The molecule has 2 aliphatic heterocycles. The molecule has 6 nitrogen and oxygen atoms in total. The van der Waals surface area contributed by atoms with Crippen molar-refractivity contribution in [3.63, 3.8) is 0 Å². The van der Waals surface area contributed by atoms with E-state index in [9.17, 15) is 14.7 Å². The average Bonchev–Trinajstić information content (AvgIpc) is 3.47. The number of ketones is 1. The zero-order valence-corrected chi connectivity index (χ0v) is 20.1. The molecule has 2 aromatic carbocycles. The first-order chi connectivity index (χ1) is 16.5. The topological polar surface area (TPSA) is 70.1 Å². The van der Waals surface area contributed by atoms with Crippen LogP contribution in [0.3, 0.4) is 0 Å². The van der Waals surface area contributed by atoms with Crippen molar-refractivity contribution in [3.8, 4) is 0 Å². The molecule has 0 spiro atoms. The number of hydrogen-bond acceptors (Lipinski definition) is 5. The third kappa shape index (κ3) is 5.02. The Bertz CT molecular complexity index is 1020. The summed E-state index contributed by atoms with van der Waals surface area (Å²) in [5, 5.41) is 10.8. The number of ether oxygens (including phenoxy) is 1. The predicted molar refractivity (Wildman–Crippen MR) is 133 cm³/mol. The normalized spacial score (nSPS) is 20.3. The molecule has 4 rings (SSSR count). The maximum absolute atomic E-state index is 13.4. The molecule has 2 aromatic rings. The molecule has 1 N–H and O–H groups in total. The number of aryl methyl sites for hydroxylation is 1. The van der Waals surface area contributed by atoms with E-state index in [1.165, 1.54) is 0 Å². The number of hydrogen-bond donors (Lipinski definition) is 1. The van der Waals surface area contributed by atoms with Crippen LogP contribution in [0, 0.1) is 0 Å². The average molecular weight is 463 g/mol. The van der Waals surface area contributed by atoms with Crippen molar-refractivity contribution in [3.05, 3.63) is 77.1 Å². The van der Waals surface area contributed by atoms with Gasteiger partial charge < -0.3 is 19.6 Å². The monoisotopic (exact) mass is 462 g/mol. The number of nitrogens with zero attached hydrogens (tertiary/aromatic N) is 2. The predicted octanol–water partition coefficient (Wildman–Crippen LogP) is 4.61. The van der Waals surface area contributed by atoms with Crippen LogP contribution in [0.1, 0.15) is 50.3 Å². The van der Waals surface area contributed by atoms with E-state index in [1.54, 1.807) is 4.90 Å². The lowest BCUT2D eigenvalue weighted by molar-refractivity contribution is -0.131. The molecule has 34 heavy (non-hydrogen) atoms. The van der Waals surface area contributed by atoms with Crippen LogP contribution >= 0.6 is 0 Å². The van der Waals surface area contributed by atoms with Gasteiger partial charge in [0.1, 0.15) is 0 Å². The van der Waals surface area contributed by atoms with Gasteiger partial charge in [-0.25, -0.2) is 0 Å². The van der Waals surface area contributed by atoms with Crippen molar-refractivity contribution in [1.82, 2.24) is 4.90 Å². The lowest BCUT2D eigenvalue weighted by Crippen LogP contribution is -2.37. The second-order valence-electron chi connectivity index (χ2n) is 8.93. The molecular weight excluding hydrogens is 428 g/mol. The van der Waals surface area contributed by atoms with Gasteiger partial charge in [-0.3, -0.25) is 9.59 Å². The first-order valence-electron chi connectivity index (χ1n) is 12.3. The maximum Gasteiger partial charge on any atom is 0.290 e. The van der Waals surface area contributed by atoms with E-state index in [1.807, 2.05) is 54.6 Å². The minimum atomic E-state index is -0.606. The van der Waals surface area contributed by atoms with E-state index < -0.39 is 17.7 Å². The summed E-state index contributed by atoms with van der Waals surface area (Å²) in [6.45, 7) is 7.06. The molecule has 2 unspecified atom stereocenters. The summed E-state index contributed by atoms with van der Waals surface area (Å²) in [6, 6.07) is 17.2. The van der Waals surface area contributed by atoms with E-state index >= 15 is 0 Å². The highest BCUT2D eigenvalue weighted by molar-refractivity contribution is 6.09. The van der Waals surface area contributed by atoms with Crippen molar-refractivity contribution in [2.75, 3.05) is 31.1 Å². The number of anilines is 1. The molecule has 180 valence electrons. The van der Waals surface area contributed by atoms with Gasteiger partial charge >= 0.3 is 0 Å². The summed E-state index contributed by atoms with van der Waals surface area (Å²) in [6.07, 6.45) is 2.55. The van der Waals surface area contributed by atoms with Crippen LogP contribution in [0.5, 0.6) is 0 Å². The highest BCUT2D eigenvalue weighted by Gasteiger charge is 2.44. The van der Waals surface area contributed by atoms with Gasteiger partial charge in [0.15, 0.2) is 11.5 Å². The molecule has 6 heteroatoms. The quantitative estimate of drug-likeness (QED) is 0.558. The first-order valence-corrected chi connectivity index (χ1v) is 12.3. The Labute approximate surface area is 201 Å². The Balaban J connectivity index is 1.63. The van der Waals surface area contributed by atoms with Gasteiger partial charge in [0.25, 0.3) is 5.91 Å². The van der Waals surface area contributed by atoms with E-state index in [0.29, 0.717) is 19.6 Å². The number of Topliss-reactive ketones (excluding diaryl/α,β-unsaturated/α-hetero) is 1. The van der Waals surface area contributed by atoms with Gasteiger partial charge in [-0.05, 0) is 56.4 Å². The minimum absolute atomic E-state index is 0.0760. The number of carbonyl (C=O) groups excluding carboxylic acids is 2. The van der Waals surface area contributed by atoms with E-state index in [4.69, 9.17) is 4.74 Å². The first kappa shape index (κ1) is 24.0. The minimum Gasteiger partial charge on any atom is -0.503 e. The second kappa shape index (κ2) is 10.9. The molecule has 1 fully saturated rings. The SMILES string of the molecule is CCN(CC)c1ccc(C2C(C(=O)CCc3ccccc3)=C(O)C(=O)N2CC2CCCO2)cc1. The molecule has 1 saturated heterocycles. The summed E-state index contributed by atoms with van der Waals surface area (Å²) in [4.78, 5) is 30.4.